The number of nitrogens with zero attached hydrogens (tertiary/aromatic N) is 2. The van der Waals surface area contributed by atoms with Crippen molar-refractivity contribution in [3.8, 4) is 5.75 Å². The lowest BCUT2D eigenvalue weighted by molar-refractivity contribution is 0.270. The average Bonchev–Trinajstić information content (AvgIpc) is 2.55. The van der Waals surface area contributed by atoms with Gasteiger partial charge in [0.15, 0.2) is 0 Å². The monoisotopic (exact) mass is 291 g/mol. The average molecular weight is 291 g/mol. The molecule has 1 unspecified atom stereocenters. The Morgan fingerprint density at radius 2 is 2.00 bits per heavy atom. The summed E-state index contributed by atoms with van der Waals surface area (Å²) in [6.07, 6.45) is 2.54. The van der Waals surface area contributed by atoms with E-state index < -0.39 is 0 Å². The number of aromatic nitrogens is 2. The van der Waals surface area contributed by atoms with Gasteiger partial charge < -0.3 is 10.1 Å². The molecule has 4 nitrogen and oxygen atoms in total. The molecule has 0 saturated carbocycles. The van der Waals surface area contributed by atoms with Crippen LogP contribution < -0.4 is 10.1 Å². The summed E-state index contributed by atoms with van der Waals surface area (Å²) in [5.41, 5.74) is 3.40. The Labute approximate surface area is 129 Å². The van der Waals surface area contributed by atoms with E-state index in [0.717, 1.165) is 28.9 Å². The minimum atomic E-state index is 0.215. The van der Waals surface area contributed by atoms with E-state index in [4.69, 9.17) is 4.74 Å². The third-order valence-corrected chi connectivity index (χ3v) is 4.07. The van der Waals surface area contributed by atoms with E-state index in [1.807, 2.05) is 24.3 Å². The van der Waals surface area contributed by atoms with Crippen molar-refractivity contribution >= 4 is 16.7 Å². The van der Waals surface area contributed by atoms with Crippen molar-refractivity contribution < 1.29 is 4.74 Å². The summed E-state index contributed by atoms with van der Waals surface area (Å²) in [5.74, 6) is 1.91. The summed E-state index contributed by atoms with van der Waals surface area (Å²) >= 11 is 0. The van der Waals surface area contributed by atoms with E-state index in [1.54, 1.807) is 6.33 Å². The van der Waals surface area contributed by atoms with Crippen LogP contribution >= 0.6 is 0 Å². The number of rotatable bonds is 2. The van der Waals surface area contributed by atoms with E-state index in [0.29, 0.717) is 6.61 Å². The number of fused-ring (bicyclic) bond motifs is 2. The minimum Gasteiger partial charge on any atom is -0.491 e. The zero-order chi connectivity index (χ0) is 14.9. The first-order valence-electron chi connectivity index (χ1n) is 7.49. The van der Waals surface area contributed by atoms with Gasteiger partial charge in [-0.1, -0.05) is 30.3 Å². The summed E-state index contributed by atoms with van der Waals surface area (Å²) in [4.78, 5) is 8.70. The molecule has 0 radical (unpaired) electrons. The summed E-state index contributed by atoms with van der Waals surface area (Å²) in [7, 11) is 0. The molecule has 1 aromatic heterocycles. The van der Waals surface area contributed by atoms with Crippen molar-refractivity contribution in [3.05, 3.63) is 59.9 Å². The Kier molecular flexibility index (Phi) is 3.15. The van der Waals surface area contributed by atoms with Crippen molar-refractivity contribution in [3.63, 3.8) is 0 Å². The van der Waals surface area contributed by atoms with Gasteiger partial charge in [-0.15, -0.1) is 0 Å². The molecule has 0 bridgehead atoms. The minimum absolute atomic E-state index is 0.215. The number of hydrogen-bond donors (Lipinski definition) is 1. The number of nitrogens with one attached hydrogen (secondary N) is 1. The number of hydrogen-bond acceptors (Lipinski definition) is 4. The maximum absolute atomic E-state index is 5.95. The molecule has 1 N–H and O–H groups in total. The van der Waals surface area contributed by atoms with Crippen LogP contribution in [-0.4, -0.2) is 22.6 Å². The molecule has 0 amide bonds. The second-order valence-corrected chi connectivity index (χ2v) is 5.66. The summed E-state index contributed by atoms with van der Waals surface area (Å²) in [6.45, 7) is 2.74. The van der Waals surface area contributed by atoms with Crippen molar-refractivity contribution in [2.75, 3.05) is 11.9 Å². The van der Waals surface area contributed by atoms with Crippen molar-refractivity contribution in [1.29, 1.82) is 0 Å². The maximum atomic E-state index is 5.95. The van der Waals surface area contributed by atoms with Crippen LogP contribution in [0, 0.1) is 6.92 Å². The molecule has 1 atom stereocenters. The van der Waals surface area contributed by atoms with Gasteiger partial charge in [-0.3, -0.25) is 0 Å². The molecule has 0 spiro atoms. The molecule has 2 heterocycles. The Balaban J connectivity index is 1.62. The van der Waals surface area contributed by atoms with Crippen LogP contribution in [0.4, 0.5) is 5.82 Å². The molecule has 4 rings (SSSR count). The molecule has 3 aromatic rings. The highest BCUT2D eigenvalue weighted by atomic mass is 16.5. The first-order valence-corrected chi connectivity index (χ1v) is 7.49. The fourth-order valence-electron chi connectivity index (χ4n) is 2.99. The molecule has 0 aliphatic carbocycles. The molecule has 0 fully saturated rings. The number of anilines is 1. The molecule has 2 aromatic carbocycles. The van der Waals surface area contributed by atoms with E-state index >= 15 is 0 Å². The molecule has 22 heavy (non-hydrogen) atoms. The highest BCUT2D eigenvalue weighted by molar-refractivity contribution is 5.88. The number of ether oxygens (including phenoxy) is 1. The van der Waals surface area contributed by atoms with E-state index in [-0.39, 0.29) is 6.04 Å². The van der Waals surface area contributed by atoms with Gasteiger partial charge in [0.2, 0.25) is 0 Å². The second kappa shape index (κ2) is 5.30. The maximum Gasteiger partial charge on any atom is 0.137 e. The predicted octanol–water partition coefficient (Wildman–Crippen LogP) is 3.35. The number of para-hydroxylation sites is 2. The number of aryl methyl sites for hydroxylation is 1. The van der Waals surface area contributed by atoms with E-state index in [1.165, 1.54) is 11.1 Å². The Morgan fingerprint density at radius 3 is 2.95 bits per heavy atom. The van der Waals surface area contributed by atoms with Gasteiger partial charge in [-0.05, 0) is 36.6 Å². The van der Waals surface area contributed by atoms with E-state index in [9.17, 15) is 0 Å². The van der Waals surface area contributed by atoms with Crippen molar-refractivity contribution in [2.24, 2.45) is 0 Å². The molecular weight excluding hydrogens is 274 g/mol. The largest absolute Gasteiger partial charge is 0.491 e. The normalized spacial score (nSPS) is 16.9. The molecule has 1 aliphatic heterocycles. The first kappa shape index (κ1) is 13.1. The standard InChI is InChI=1S/C18H17N3O/c1-12-5-4-6-13-9-14(10-22-17(12)13)21-18-15-7-2-3-8-16(15)19-11-20-18/h2-8,11,14H,9-10H2,1H3,(H,19,20,21). The van der Waals surface area contributed by atoms with Crippen LogP contribution in [-0.2, 0) is 6.42 Å². The fourth-order valence-corrected chi connectivity index (χ4v) is 2.99. The zero-order valence-corrected chi connectivity index (χ0v) is 12.4. The van der Waals surface area contributed by atoms with Gasteiger partial charge in [0.1, 0.15) is 24.5 Å². The van der Waals surface area contributed by atoms with Crippen LogP contribution in [0.1, 0.15) is 11.1 Å². The third kappa shape index (κ3) is 2.26. The van der Waals surface area contributed by atoms with Gasteiger partial charge in [-0.25, -0.2) is 9.97 Å². The third-order valence-electron chi connectivity index (χ3n) is 4.07. The molecule has 0 saturated heterocycles. The lowest BCUT2D eigenvalue weighted by Gasteiger charge is -2.27. The molecule has 110 valence electrons. The SMILES string of the molecule is Cc1cccc2c1OCC(Nc1ncnc3ccccc13)C2. The van der Waals surface area contributed by atoms with Crippen molar-refractivity contribution in [2.45, 2.75) is 19.4 Å². The van der Waals surface area contributed by atoms with Crippen LogP contribution in [0.5, 0.6) is 5.75 Å². The van der Waals surface area contributed by atoms with E-state index in [2.05, 4.69) is 40.4 Å². The zero-order valence-electron chi connectivity index (χ0n) is 12.4. The van der Waals surface area contributed by atoms with Gasteiger partial charge in [0, 0.05) is 5.39 Å². The van der Waals surface area contributed by atoms with Crippen LogP contribution in [0.15, 0.2) is 48.8 Å². The van der Waals surface area contributed by atoms with Crippen molar-refractivity contribution in [1.82, 2.24) is 9.97 Å². The molecule has 1 aliphatic rings. The quantitative estimate of drug-likeness (QED) is 0.786. The molecule has 4 heteroatoms. The second-order valence-electron chi connectivity index (χ2n) is 5.66. The molecular formula is C18H17N3O. The van der Waals surface area contributed by atoms with Gasteiger partial charge in [-0.2, -0.15) is 0 Å². The highest BCUT2D eigenvalue weighted by Crippen LogP contribution is 2.29. The smallest absolute Gasteiger partial charge is 0.137 e. The predicted molar refractivity (Wildman–Crippen MR) is 87.3 cm³/mol. The van der Waals surface area contributed by atoms with Gasteiger partial charge >= 0.3 is 0 Å². The highest BCUT2D eigenvalue weighted by Gasteiger charge is 2.21. The summed E-state index contributed by atoms with van der Waals surface area (Å²) in [5, 5.41) is 4.55. The van der Waals surface area contributed by atoms with Crippen LogP contribution in [0.3, 0.4) is 0 Å². The van der Waals surface area contributed by atoms with Gasteiger partial charge in [0.25, 0.3) is 0 Å². The first-order chi connectivity index (χ1) is 10.8. The summed E-state index contributed by atoms with van der Waals surface area (Å²) in [6, 6.07) is 14.6. The topological polar surface area (TPSA) is 47.0 Å². The number of benzene rings is 2. The Bertz CT molecular complexity index is 826. The lowest BCUT2D eigenvalue weighted by atomic mass is 10.00. The Morgan fingerprint density at radius 1 is 1.09 bits per heavy atom. The van der Waals surface area contributed by atoms with Crippen LogP contribution in [0.25, 0.3) is 10.9 Å². The van der Waals surface area contributed by atoms with Gasteiger partial charge in [0.05, 0.1) is 11.6 Å². The summed E-state index contributed by atoms with van der Waals surface area (Å²) < 4.78 is 5.95. The fraction of sp³-hybridized carbons (Fsp3) is 0.222. The Hall–Kier alpha value is -2.62. The van der Waals surface area contributed by atoms with Crippen LogP contribution in [0.2, 0.25) is 0 Å². The lowest BCUT2D eigenvalue weighted by Crippen LogP contribution is -2.33.